The molecule has 3 nitrogen and oxygen atoms in total. The van der Waals surface area contributed by atoms with Crippen molar-refractivity contribution in [2.45, 2.75) is 24.9 Å². The lowest BCUT2D eigenvalue weighted by atomic mass is 10.0. The summed E-state index contributed by atoms with van der Waals surface area (Å²) in [6, 6.07) is 10.6. The van der Waals surface area contributed by atoms with E-state index in [1.807, 2.05) is 6.07 Å². The molecule has 2 heterocycles. The molecule has 1 fully saturated rings. The number of fused-ring (bicyclic) bond motifs is 1. The van der Waals surface area contributed by atoms with Crippen LogP contribution >= 0.6 is 15.9 Å². The van der Waals surface area contributed by atoms with Crippen LogP contribution in [0.1, 0.15) is 36.0 Å². The quantitative estimate of drug-likeness (QED) is 0.825. The van der Waals surface area contributed by atoms with Gasteiger partial charge < -0.3 is 9.47 Å². The molecule has 1 aliphatic heterocycles. The molecule has 2 aromatic rings. The molecule has 2 aliphatic rings. The molecule has 1 saturated carbocycles. The first kappa shape index (κ1) is 12.2. The van der Waals surface area contributed by atoms with Gasteiger partial charge >= 0.3 is 0 Å². The monoisotopic (exact) mass is 331 g/mol. The lowest BCUT2D eigenvalue weighted by molar-refractivity contribution is 0.0862. The van der Waals surface area contributed by atoms with Gasteiger partial charge in [-0.15, -0.1) is 0 Å². The maximum absolute atomic E-state index is 6.00. The van der Waals surface area contributed by atoms with Gasteiger partial charge in [-0.2, -0.15) is 0 Å². The Bertz CT molecular complexity index is 637. The molecule has 0 spiro atoms. The molecule has 1 aliphatic carbocycles. The first-order valence-electron chi connectivity index (χ1n) is 6.84. The van der Waals surface area contributed by atoms with Crippen LogP contribution in [0.25, 0.3) is 0 Å². The minimum Gasteiger partial charge on any atom is -0.476 e. The van der Waals surface area contributed by atoms with E-state index in [4.69, 9.17) is 9.47 Å². The fourth-order valence-corrected chi connectivity index (χ4v) is 2.82. The zero-order chi connectivity index (χ0) is 13.5. The van der Waals surface area contributed by atoms with Crippen LogP contribution < -0.4 is 9.47 Å². The Morgan fingerprint density at radius 3 is 2.60 bits per heavy atom. The van der Waals surface area contributed by atoms with Gasteiger partial charge in [-0.05, 0) is 45.8 Å². The maximum Gasteiger partial charge on any atom is 0.257 e. The second-order valence-electron chi connectivity index (χ2n) is 5.32. The smallest absolute Gasteiger partial charge is 0.257 e. The van der Waals surface area contributed by atoms with E-state index in [0.717, 1.165) is 16.0 Å². The van der Waals surface area contributed by atoms with E-state index in [0.29, 0.717) is 18.2 Å². The van der Waals surface area contributed by atoms with E-state index in [9.17, 15) is 0 Å². The van der Waals surface area contributed by atoms with Crippen molar-refractivity contribution >= 4 is 15.9 Å². The van der Waals surface area contributed by atoms with E-state index in [-0.39, 0.29) is 6.10 Å². The van der Waals surface area contributed by atoms with Gasteiger partial charge in [0.2, 0.25) is 0 Å². The zero-order valence-corrected chi connectivity index (χ0v) is 12.5. The number of aromatic nitrogens is 1. The number of nitrogens with zero attached hydrogens (tertiary/aromatic N) is 1. The average molecular weight is 332 g/mol. The van der Waals surface area contributed by atoms with Crippen molar-refractivity contribution < 1.29 is 9.47 Å². The van der Waals surface area contributed by atoms with Crippen molar-refractivity contribution in [3.63, 3.8) is 0 Å². The molecule has 102 valence electrons. The van der Waals surface area contributed by atoms with Crippen molar-refractivity contribution in [2.24, 2.45) is 0 Å². The van der Waals surface area contributed by atoms with Crippen molar-refractivity contribution in [1.29, 1.82) is 0 Å². The van der Waals surface area contributed by atoms with Crippen LogP contribution in [0.5, 0.6) is 11.6 Å². The third-order valence-electron chi connectivity index (χ3n) is 3.78. The summed E-state index contributed by atoms with van der Waals surface area (Å²) < 4.78 is 12.6. The summed E-state index contributed by atoms with van der Waals surface area (Å²) in [5, 5.41) is 0. The predicted octanol–water partition coefficient (Wildman–Crippen LogP) is 4.23. The Morgan fingerprint density at radius 2 is 1.85 bits per heavy atom. The number of hydrogen-bond acceptors (Lipinski definition) is 3. The summed E-state index contributed by atoms with van der Waals surface area (Å²) in [7, 11) is 0. The Kier molecular flexibility index (Phi) is 2.91. The summed E-state index contributed by atoms with van der Waals surface area (Å²) >= 11 is 3.40. The predicted molar refractivity (Wildman–Crippen MR) is 79.2 cm³/mol. The highest BCUT2D eigenvalue weighted by atomic mass is 79.9. The molecule has 4 rings (SSSR count). The average Bonchev–Trinajstić information content (AvgIpc) is 3.31. The SMILES string of the molecule is Brc1cnc2c(c1)OC(c1ccc(C3CC3)cc1)CO2. The molecule has 4 heteroatoms. The minimum atomic E-state index is -0.0631. The molecule has 0 N–H and O–H groups in total. The van der Waals surface area contributed by atoms with Gasteiger partial charge in [0.15, 0.2) is 11.9 Å². The third-order valence-corrected chi connectivity index (χ3v) is 4.22. The lowest BCUT2D eigenvalue weighted by Gasteiger charge is -2.26. The highest BCUT2D eigenvalue weighted by Crippen LogP contribution is 2.41. The lowest BCUT2D eigenvalue weighted by Crippen LogP contribution is -2.22. The number of hydrogen-bond donors (Lipinski definition) is 0. The van der Waals surface area contributed by atoms with Crippen LogP contribution in [0, 0.1) is 0 Å². The van der Waals surface area contributed by atoms with Gasteiger partial charge in [0.25, 0.3) is 5.88 Å². The number of halogens is 1. The van der Waals surface area contributed by atoms with Gasteiger partial charge in [0.1, 0.15) is 6.61 Å². The highest BCUT2D eigenvalue weighted by Gasteiger charge is 2.26. The van der Waals surface area contributed by atoms with Crippen molar-refractivity contribution in [3.05, 3.63) is 52.1 Å². The maximum atomic E-state index is 6.00. The molecule has 0 amide bonds. The molecule has 1 aromatic heterocycles. The molecule has 1 aromatic carbocycles. The van der Waals surface area contributed by atoms with Crippen molar-refractivity contribution in [1.82, 2.24) is 4.98 Å². The van der Waals surface area contributed by atoms with E-state index >= 15 is 0 Å². The normalized spacial score (nSPS) is 20.8. The highest BCUT2D eigenvalue weighted by molar-refractivity contribution is 9.10. The summed E-state index contributed by atoms with van der Waals surface area (Å²) in [6.45, 7) is 0.504. The Labute approximate surface area is 126 Å². The standard InChI is InChI=1S/C16H14BrNO2/c17-13-7-14-16(18-8-13)19-9-15(20-14)12-5-3-11(4-6-12)10-1-2-10/h3-8,10,15H,1-2,9H2. The van der Waals surface area contributed by atoms with Crippen LogP contribution in [0.3, 0.4) is 0 Å². The molecule has 1 atom stereocenters. The fourth-order valence-electron chi connectivity index (χ4n) is 2.51. The van der Waals surface area contributed by atoms with Gasteiger partial charge in [0.05, 0.1) is 0 Å². The largest absolute Gasteiger partial charge is 0.476 e. The van der Waals surface area contributed by atoms with Crippen LogP contribution in [-0.4, -0.2) is 11.6 Å². The van der Waals surface area contributed by atoms with Crippen molar-refractivity contribution in [2.75, 3.05) is 6.61 Å². The Hall–Kier alpha value is -1.55. The van der Waals surface area contributed by atoms with Crippen molar-refractivity contribution in [3.8, 4) is 11.6 Å². The van der Waals surface area contributed by atoms with Gasteiger partial charge in [-0.3, -0.25) is 0 Å². The summed E-state index contributed by atoms with van der Waals surface area (Å²) in [6.07, 6.45) is 4.31. The second-order valence-corrected chi connectivity index (χ2v) is 6.23. The summed E-state index contributed by atoms with van der Waals surface area (Å²) in [5.41, 5.74) is 2.59. The molecule has 0 radical (unpaired) electrons. The third kappa shape index (κ3) is 2.29. The first-order valence-corrected chi connectivity index (χ1v) is 7.64. The van der Waals surface area contributed by atoms with Crippen LogP contribution in [0.4, 0.5) is 0 Å². The molecular weight excluding hydrogens is 318 g/mol. The molecule has 20 heavy (non-hydrogen) atoms. The van der Waals surface area contributed by atoms with Crippen LogP contribution in [0.2, 0.25) is 0 Å². The van der Waals surface area contributed by atoms with Gasteiger partial charge in [0, 0.05) is 16.7 Å². The topological polar surface area (TPSA) is 31.4 Å². The Morgan fingerprint density at radius 1 is 1.10 bits per heavy atom. The van der Waals surface area contributed by atoms with Crippen LogP contribution in [-0.2, 0) is 0 Å². The fraction of sp³-hybridized carbons (Fsp3) is 0.312. The molecule has 0 saturated heterocycles. The van der Waals surface area contributed by atoms with Crippen LogP contribution in [0.15, 0.2) is 41.0 Å². The molecule has 1 unspecified atom stereocenters. The van der Waals surface area contributed by atoms with E-state index < -0.39 is 0 Å². The number of benzene rings is 1. The minimum absolute atomic E-state index is 0.0631. The molecule has 0 bridgehead atoms. The van der Waals surface area contributed by atoms with E-state index in [2.05, 4.69) is 45.2 Å². The number of rotatable bonds is 2. The number of ether oxygens (including phenoxy) is 2. The van der Waals surface area contributed by atoms with Gasteiger partial charge in [-0.25, -0.2) is 4.98 Å². The first-order chi connectivity index (χ1) is 9.79. The van der Waals surface area contributed by atoms with E-state index in [1.165, 1.54) is 18.4 Å². The zero-order valence-electron chi connectivity index (χ0n) is 10.9. The summed E-state index contributed by atoms with van der Waals surface area (Å²) in [5.74, 6) is 2.05. The Balaban J connectivity index is 1.57. The second kappa shape index (κ2) is 4.77. The van der Waals surface area contributed by atoms with Gasteiger partial charge in [-0.1, -0.05) is 24.3 Å². The number of pyridine rings is 1. The van der Waals surface area contributed by atoms with E-state index in [1.54, 1.807) is 6.20 Å². The molecular formula is C16H14BrNO2. The summed E-state index contributed by atoms with van der Waals surface area (Å²) in [4.78, 5) is 4.20.